The van der Waals surface area contributed by atoms with Crippen molar-refractivity contribution in [3.63, 3.8) is 0 Å². The molecule has 128 valence electrons. The molecule has 0 unspecified atom stereocenters. The second-order valence-corrected chi connectivity index (χ2v) is 5.83. The van der Waals surface area contributed by atoms with E-state index in [0.717, 1.165) is 11.1 Å². The number of carbonyl (C=O) groups excluding carboxylic acids is 1. The number of pyridine rings is 1. The number of nitrogens with zero attached hydrogens (tertiary/aromatic N) is 2. The number of nitrogens with one attached hydrogen (secondary N) is 1. The fraction of sp³-hybridized carbons (Fsp3) is 0.0500. The SMILES string of the molecule is Cc1cc(-c2nc3ncccc3o2)ccc1NC(=O)c1ccc(F)cc1. The van der Waals surface area contributed by atoms with Crippen LogP contribution in [0.4, 0.5) is 10.1 Å². The molecule has 1 N–H and O–H groups in total. The number of fused-ring (bicyclic) bond motifs is 1. The second-order valence-electron chi connectivity index (χ2n) is 5.83. The van der Waals surface area contributed by atoms with Crippen LogP contribution in [-0.4, -0.2) is 15.9 Å². The van der Waals surface area contributed by atoms with Gasteiger partial charge in [-0.1, -0.05) is 0 Å². The van der Waals surface area contributed by atoms with Crippen molar-refractivity contribution in [2.24, 2.45) is 0 Å². The van der Waals surface area contributed by atoms with Gasteiger partial charge in [0.1, 0.15) is 5.82 Å². The van der Waals surface area contributed by atoms with Crippen LogP contribution in [0.3, 0.4) is 0 Å². The Hall–Kier alpha value is -3.54. The number of carbonyl (C=O) groups is 1. The second kappa shape index (κ2) is 6.40. The third-order valence-corrected chi connectivity index (χ3v) is 3.99. The molecule has 4 aromatic rings. The van der Waals surface area contributed by atoms with Crippen LogP contribution in [0, 0.1) is 12.7 Å². The monoisotopic (exact) mass is 347 g/mol. The standard InChI is InChI=1S/C20H14FN3O2/c1-12-11-14(20-24-18-17(26-20)3-2-10-22-18)6-9-16(12)23-19(25)13-4-7-15(21)8-5-13/h2-11H,1H3,(H,23,25). The molecule has 0 fully saturated rings. The van der Waals surface area contributed by atoms with Gasteiger partial charge in [0.2, 0.25) is 5.89 Å². The zero-order valence-electron chi connectivity index (χ0n) is 13.9. The highest BCUT2D eigenvalue weighted by Crippen LogP contribution is 2.27. The number of amides is 1. The minimum absolute atomic E-state index is 0.299. The fourth-order valence-electron chi connectivity index (χ4n) is 2.63. The van der Waals surface area contributed by atoms with E-state index in [2.05, 4.69) is 15.3 Å². The maximum Gasteiger partial charge on any atom is 0.255 e. The molecule has 0 aliphatic carbocycles. The van der Waals surface area contributed by atoms with Gasteiger partial charge in [-0.15, -0.1) is 0 Å². The van der Waals surface area contributed by atoms with E-state index >= 15 is 0 Å². The first-order chi connectivity index (χ1) is 12.6. The molecule has 0 aliphatic rings. The average Bonchev–Trinajstić information content (AvgIpc) is 3.08. The lowest BCUT2D eigenvalue weighted by molar-refractivity contribution is 0.102. The summed E-state index contributed by atoms with van der Waals surface area (Å²) in [4.78, 5) is 20.8. The summed E-state index contributed by atoms with van der Waals surface area (Å²) >= 11 is 0. The Morgan fingerprint density at radius 3 is 2.65 bits per heavy atom. The molecule has 6 heteroatoms. The first kappa shape index (κ1) is 16.0. The molecule has 0 spiro atoms. The van der Waals surface area contributed by atoms with Crippen LogP contribution in [0.2, 0.25) is 0 Å². The van der Waals surface area contributed by atoms with Gasteiger partial charge >= 0.3 is 0 Å². The quantitative estimate of drug-likeness (QED) is 0.588. The molecule has 0 radical (unpaired) electrons. The first-order valence-corrected chi connectivity index (χ1v) is 8.00. The molecule has 5 nitrogen and oxygen atoms in total. The summed E-state index contributed by atoms with van der Waals surface area (Å²) in [5, 5.41) is 2.83. The lowest BCUT2D eigenvalue weighted by Crippen LogP contribution is -2.12. The van der Waals surface area contributed by atoms with Gasteiger partial charge in [-0.2, -0.15) is 4.98 Å². The van der Waals surface area contributed by atoms with Crippen molar-refractivity contribution in [2.45, 2.75) is 6.92 Å². The van der Waals surface area contributed by atoms with Gasteiger partial charge in [-0.25, -0.2) is 9.37 Å². The molecule has 0 bridgehead atoms. The Balaban J connectivity index is 1.59. The van der Waals surface area contributed by atoms with Crippen molar-refractivity contribution in [3.8, 4) is 11.5 Å². The highest BCUT2D eigenvalue weighted by atomic mass is 19.1. The van der Waals surface area contributed by atoms with Crippen LogP contribution in [-0.2, 0) is 0 Å². The molecule has 4 rings (SSSR count). The molecule has 26 heavy (non-hydrogen) atoms. The summed E-state index contributed by atoms with van der Waals surface area (Å²) in [6.07, 6.45) is 1.66. The number of rotatable bonds is 3. The molecule has 2 heterocycles. The molecule has 0 atom stereocenters. The number of halogens is 1. The van der Waals surface area contributed by atoms with Gasteiger partial charge in [-0.3, -0.25) is 4.79 Å². The van der Waals surface area contributed by atoms with E-state index in [0.29, 0.717) is 28.4 Å². The number of anilines is 1. The summed E-state index contributed by atoms with van der Waals surface area (Å²) in [7, 11) is 0. The van der Waals surface area contributed by atoms with Crippen molar-refractivity contribution < 1.29 is 13.6 Å². The maximum absolute atomic E-state index is 13.0. The van der Waals surface area contributed by atoms with Crippen LogP contribution < -0.4 is 5.32 Å². The summed E-state index contributed by atoms with van der Waals surface area (Å²) in [6, 6.07) is 14.5. The zero-order chi connectivity index (χ0) is 18.1. The summed E-state index contributed by atoms with van der Waals surface area (Å²) in [6.45, 7) is 1.88. The molecule has 0 aliphatic heterocycles. The molecular weight excluding hydrogens is 333 g/mol. The Morgan fingerprint density at radius 2 is 1.92 bits per heavy atom. The largest absolute Gasteiger partial charge is 0.434 e. The van der Waals surface area contributed by atoms with E-state index in [1.807, 2.05) is 25.1 Å². The van der Waals surface area contributed by atoms with E-state index in [9.17, 15) is 9.18 Å². The number of hydrogen-bond acceptors (Lipinski definition) is 4. The Labute approximate surface area is 148 Å². The van der Waals surface area contributed by atoms with E-state index < -0.39 is 0 Å². The molecule has 2 aromatic heterocycles. The number of hydrogen-bond donors (Lipinski definition) is 1. The smallest absolute Gasteiger partial charge is 0.255 e. The zero-order valence-corrected chi connectivity index (χ0v) is 13.9. The van der Waals surface area contributed by atoms with E-state index in [1.54, 1.807) is 18.3 Å². The predicted molar refractivity (Wildman–Crippen MR) is 96.3 cm³/mol. The Bertz CT molecular complexity index is 1070. The van der Waals surface area contributed by atoms with Crippen molar-refractivity contribution in [1.29, 1.82) is 0 Å². The number of aryl methyl sites for hydroxylation is 1. The minimum Gasteiger partial charge on any atom is -0.434 e. The van der Waals surface area contributed by atoms with Crippen molar-refractivity contribution >= 4 is 22.8 Å². The summed E-state index contributed by atoms with van der Waals surface area (Å²) in [5.41, 5.74) is 3.87. The van der Waals surface area contributed by atoms with Gasteiger partial charge in [0.25, 0.3) is 5.91 Å². The lowest BCUT2D eigenvalue weighted by atomic mass is 10.1. The minimum atomic E-state index is -0.380. The van der Waals surface area contributed by atoms with Crippen LogP contribution in [0.1, 0.15) is 15.9 Å². The Kier molecular flexibility index (Phi) is 3.93. The average molecular weight is 347 g/mol. The van der Waals surface area contributed by atoms with Crippen LogP contribution in [0.25, 0.3) is 22.7 Å². The van der Waals surface area contributed by atoms with Gasteiger partial charge < -0.3 is 9.73 Å². The lowest BCUT2D eigenvalue weighted by Gasteiger charge is -2.09. The fourth-order valence-corrected chi connectivity index (χ4v) is 2.63. The van der Waals surface area contributed by atoms with E-state index in [4.69, 9.17) is 4.42 Å². The number of benzene rings is 2. The van der Waals surface area contributed by atoms with Crippen molar-refractivity contribution in [2.75, 3.05) is 5.32 Å². The van der Waals surface area contributed by atoms with Crippen molar-refractivity contribution in [3.05, 3.63) is 77.7 Å². The van der Waals surface area contributed by atoms with Crippen LogP contribution in [0.15, 0.2) is 65.2 Å². The molecule has 0 saturated heterocycles. The highest BCUT2D eigenvalue weighted by molar-refractivity contribution is 6.04. The third kappa shape index (κ3) is 3.04. The molecule has 2 aromatic carbocycles. The van der Waals surface area contributed by atoms with E-state index in [-0.39, 0.29) is 11.7 Å². The van der Waals surface area contributed by atoms with Crippen molar-refractivity contribution in [1.82, 2.24) is 9.97 Å². The molecule has 1 amide bonds. The first-order valence-electron chi connectivity index (χ1n) is 8.00. The molecular formula is C20H14FN3O2. The maximum atomic E-state index is 13.0. The van der Waals surface area contributed by atoms with Gasteiger partial charge in [0, 0.05) is 23.0 Å². The Morgan fingerprint density at radius 1 is 1.12 bits per heavy atom. The normalized spacial score (nSPS) is 10.8. The topological polar surface area (TPSA) is 68.0 Å². The summed E-state index contributed by atoms with van der Waals surface area (Å²) < 4.78 is 18.7. The van der Waals surface area contributed by atoms with E-state index in [1.165, 1.54) is 24.3 Å². The van der Waals surface area contributed by atoms with Gasteiger partial charge in [0.15, 0.2) is 11.2 Å². The van der Waals surface area contributed by atoms with Gasteiger partial charge in [-0.05, 0) is 67.1 Å². The predicted octanol–water partition coefficient (Wildman–Crippen LogP) is 4.59. The van der Waals surface area contributed by atoms with Crippen LogP contribution >= 0.6 is 0 Å². The summed E-state index contributed by atoms with van der Waals surface area (Å²) in [5.74, 6) is -0.208. The number of aromatic nitrogens is 2. The number of oxazole rings is 1. The molecule has 0 saturated carbocycles. The third-order valence-electron chi connectivity index (χ3n) is 3.99. The van der Waals surface area contributed by atoms with Gasteiger partial charge in [0.05, 0.1) is 0 Å². The van der Waals surface area contributed by atoms with Crippen LogP contribution in [0.5, 0.6) is 0 Å². The highest BCUT2D eigenvalue weighted by Gasteiger charge is 2.12.